The van der Waals surface area contributed by atoms with Crippen LogP contribution in [0.15, 0.2) is 0 Å². The van der Waals surface area contributed by atoms with E-state index in [0.717, 1.165) is 12.5 Å². The van der Waals surface area contributed by atoms with Crippen molar-refractivity contribution in [1.82, 2.24) is 10.6 Å². The predicted molar refractivity (Wildman–Crippen MR) is 64.5 cm³/mol. The van der Waals surface area contributed by atoms with Gasteiger partial charge in [-0.15, -0.1) is 0 Å². The van der Waals surface area contributed by atoms with Gasteiger partial charge in [-0.05, 0) is 38.6 Å². The molecular weight excluding hydrogens is 220 g/mol. The van der Waals surface area contributed by atoms with E-state index in [2.05, 4.69) is 10.6 Å². The van der Waals surface area contributed by atoms with E-state index >= 15 is 0 Å². The molecule has 17 heavy (non-hydrogen) atoms. The Labute approximate surface area is 102 Å². The fourth-order valence-electron chi connectivity index (χ4n) is 1.47. The number of rotatable bonds is 9. The minimum absolute atomic E-state index is 0.00508. The molecule has 0 aliphatic heterocycles. The Hall–Kier alpha value is -1.10. The molecular formula is C12H22N2O3. The van der Waals surface area contributed by atoms with Crippen molar-refractivity contribution < 1.29 is 14.3 Å². The van der Waals surface area contributed by atoms with E-state index in [9.17, 15) is 9.59 Å². The Bertz CT molecular complexity index is 252. The number of esters is 1. The minimum Gasteiger partial charge on any atom is -0.466 e. The van der Waals surface area contributed by atoms with Crippen molar-refractivity contribution in [1.29, 1.82) is 0 Å². The van der Waals surface area contributed by atoms with Crippen LogP contribution in [-0.4, -0.2) is 38.1 Å². The molecule has 0 saturated heterocycles. The van der Waals surface area contributed by atoms with Crippen molar-refractivity contribution in [2.24, 2.45) is 5.92 Å². The molecule has 1 aliphatic carbocycles. The first kappa shape index (κ1) is 14.0. The van der Waals surface area contributed by atoms with Crippen LogP contribution in [0.3, 0.4) is 0 Å². The van der Waals surface area contributed by atoms with E-state index in [1.54, 1.807) is 6.92 Å². The van der Waals surface area contributed by atoms with Crippen molar-refractivity contribution >= 4 is 11.9 Å². The average Bonchev–Trinajstić information content (AvgIpc) is 3.09. The van der Waals surface area contributed by atoms with E-state index in [-0.39, 0.29) is 11.9 Å². The summed E-state index contributed by atoms with van der Waals surface area (Å²) in [6.07, 6.45) is 3.57. The van der Waals surface area contributed by atoms with Gasteiger partial charge < -0.3 is 15.4 Å². The summed E-state index contributed by atoms with van der Waals surface area (Å²) in [7, 11) is 0. The molecule has 1 aliphatic rings. The monoisotopic (exact) mass is 242 g/mol. The molecule has 1 fully saturated rings. The van der Waals surface area contributed by atoms with Crippen LogP contribution in [0.1, 0.15) is 32.6 Å². The van der Waals surface area contributed by atoms with Gasteiger partial charge in [0.15, 0.2) is 0 Å². The third-order valence-electron chi connectivity index (χ3n) is 2.60. The first-order valence-corrected chi connectivity index (χ1v) is 6.35. The second-order valence-corrected chi connectivity index (χ2v) is 4.33. The maximum absolute atomic E-state index is 11.3. The lowest BCUT2D eigenvalue weighted by atomic mass is 10.3. The zero-order chi connectivity index (χ0) is 12.5. The number of hydrogen-bond acceptors (Lipinski definition) is 4. The Morgan fingerprint density at radius 1 is 1.35 bits per heavy atom. The van der Waals surface area contributed by atoms with Crippen LogP contribution >= 0.6 is 0 Å². The number of amides is 1. The highest BCUT2D eigenvalue weighted by molar-refractivity contribution is 5.78. The zero-order valence-corrected chi connectivity index (χ0v) is 10.5. The lowest BCUT2D eigenvalue weighted by molar-refractivity contribution is -0.143. The van der Waals surface area contributed by atoms with Crippen molar-refractivity contribution in [2.75, 3.05) is 26.2 Å². The maximum Gasteiger partial charge on any atom is 0.305 e. The minimum atomic E-state index is -0.200. The summed E-state index contributed by atoms with van der Waals surface area (Å²) in [5.74, 6) is 0.578. The first-order chi connectivity index (χ1) is 8.22. The molecule has 0 aromatic heterocycles. The van der Waals surface area contributed by atoms with E-state index in [4.69, 9.17) is 4.74 Å². The van der Waals surface area contributed by atoms with Gasteiger partial charge >= 0.3 is 5.97 Å². The summed E-state index contributed by atoms with van der Waals surface area (Å²) in [4.78, 5) is 22.3. The van der Waals surface area contributed by atoms with Gasteiger partial charge in [-0.2, -0.15) is 0 Å². The van der Waals surface area contributed by atoms with Crippen LogP contribution in [-0.2, 0) is 14.3 Å². The van der Waals surface area contributed by atoms with Gasteiger partial charge in [-0.25, -0.2) is 0 Å². The normalized spacial score (nSPS) is 14.4. The molecule has 1 amide bonds. The Balaban J connectivity index is 1.86. The zero-order valence-electron chi connectivity index (χ0n) is 10.5. The second kappa shape index (κ2) is 8.06. The molecule has 0 aromatic rings. The summed E-state index contributed by atoms with van der Waals surface area (Å²) in [5, 5.41) is 5.88. The molecule has 0 heterocycles. The first-order valence-electron chi connectivity index (χ1n) is 6.35. The smallest absolute Gasteiger partial charge is 0.305 e. The largest absolute Gasteiger partial charge is 0.466 e. The van der Waals surface area contributed by atoms with Crippen LogP contribution in [0.5, 0.6) is 0 Å². The lowest BCUT2D eigenvalue weighted by Crippen LogP contribution is -2.35. The molecule has 1 rings (SSSR count). The van der Waals surface area contributed by atoms with Gasteiger partial charge in [0.1, 0.15) is 0 Å². The number of carbonyl (C=O) groups is 2. The number of carbonyl (C=O) groups excluding carboxylic acids is 2. The highest BCUT2D eigenvalue weighted by atomic mass is 16.5. The summed E-state index contributed by atoms with van der Waals surface area (Å²) >= 11 is 0. The van der Waals surface area contributed by atoms with Crippen molar-refractivity contribution in [3.05, 3.63) is 0 Å². The molecule has 0 spiro atoms. The molecule has 2 N–H and O–H groups in total. The molecule has 0 radical (unpaired) electrons. The molecule has 0 bridgehead atoms. The topological polar surface area (TPSA) is 67.4 Å². The van der Waals surface area contributed by atoms with Gasteiger partial charge in [0.05, 0.1) is 13.2 Å². The maximum atomic E-state index is 11.3. The van der Waals surface area contributed by atoms with E-state index in [1.165, 1.54) is 12.8 Å². The molecule has 5 heteroatoms. The van der Waals surface area contributed by atoms with Crippen LogP contribution in [0, 0.1) is 5.92 Å². The van der Waals surface area contributed by atoms with Gasteiger partial charge in [-0.3, -0.25) is 9.59 Å². The summed E-state index contributed by atoms with van der Waals surface area (Å²) in [6, 6.07) is 0. The van der Waals surface area contributed by atoms with Gasteiger partial charge in [0.2, 0.25) is 5.91 Å². The average molecular weight is 242 g/mol. The Kier molecular flexibility index (Phi) is 6.62. The molecule has 0 atom stereocenters. The standard InChI is InChI=1S/C12H22N2O3/c1-2-17-12(16)4-3-7-14-11(15)9-13-8-10-5-6-10/h10,13H,2-9H2,1H3,(H,14,15). The third-order valence-corrected chi connectivity index (χ3v) is 2.60. The molecule has 0 aromatic carbocycles. The van der Waals surface area contributed by atoms with Crippen LogP contribution in [0.25, 0.3) is 0 Å². The Morgan fingerprint density at radius 2 is 2.12 bits per heavy atom. The second-order valence-electron chi connectivity index (χ2n) is 4.33. The van der Waals surface area contributed by atoms with Crippen LogP contribution in [0.4, 0.5) is 0 Å². The molecule has 1 saturated carbocycles. The van der Waals surface area contributed by atoms with Crippen molar-refractivity contribution in [3.8, 4) is 0 Å². The predicted octanol–water partition coefficient (Wildman–Crippen LogP) is 0.445. The fourth-order valence-corrected chi connectivity index (χ4v) is 1.47. The SMILES string of the molecule is CCOC(=O)CCCNC(=O)CNCC1CC1. The summed E-state index contributed by atoms with van der Waals surface area (Å²) in [6.45, 7) is 4.04. The molecule has 98 valence electrons. The van der Waals surface area contributed by atoms with Gasteiger partial charge in [-0.1, -0.05) is 0 Å². The quantitative estimate of drug-likeness (QED) is 0.455. The van der Waals surface area contributed by atoms with Crippen molar-refractivity contribution in [3.63, 3.8) is 0 Å². The molecule has 5 nitrogen and oxygen atoms in total. The van der Waals surface area contributed by atoms with Crippen molar-refractivity contribution in [2.45, 2.75) is 32.6 Å². The third kappa shape index (κ3) is 7.74. The van der Waals surface area contributed by atoms with Gasteiger partial charge in [0.25, 0.3) is 0 Å². The summed E-state index contributed by atoms with van der Waals surface area (Å²) < 4.78 is 4.78. The van der Waals surface area contributed by atoms with Crippen LogP contribution in [0.2, 0.25) is 0 Å². The fraction of sp³-hybridized carbons (Fsp3) is 0.833. The highest BCUT2D eigenvalue weighted by Crippen LogP contribution is 2.27. The van der Waals surface area contributed by atoms with E-state index in [0.29, 0.717) is 32.5 Å². The van der Waals surface area contributed by atoms with E-state index < -0.39 is 0 Å². The highest BCUT2D eigenvalue weighted by Gasteiger charge is 2.20. The lowest BCUT2D eigenvalue weighted by Gasteiger charge is -2.06. The number of ether oxygens (including phenoxy) is 1. The number of hydrogen-bond donors (Lipinski definition) is 2. The van der Waals surface area contributed by atoms with Crippen LogP contribution < -0.4 is 10.6 Å². The Morgan fingerprint density at radius 3 is 2.76 bits per heavy atom. The number of nitrogens with one attached hydrogen (secondary N) is 2. The van der Waals surface area contributed by atoms with E-state index in [1.807, 2.05) is 0 Å². The molecule has 0 unspecified atom stereocenters. The van der Waals surface area contributed by atoms with Gasteiger partial charge in [0, 0.05) is 13.0 Å². The summed E-state index contributed by atoms with van der Waals surface area (Å²) in [5.41, 5.74) is 0.